The summed E-state index contributed by atoms with van der Waals surface area (Å²) in [6, 6.07) is 24.7. The van der Waals surface area contributed by atoms with Crippen LogP contribution >= 0.6 is 7.92 Å². The van der Waals surface area contributed by atoms with Crippen molar-refractivity contribution in [3.8, 4) is 0 Å². The van der Waals surface area contributed by atoms with Crippen LogP contribution in [0.4, 0.5) is 0 Å². The van der Waals surface area contributed by atoms with Crippen molar-refractivity contribution in [3.05, 3.63) is 84.4 Å². The average Bonchev–Trinajstić information content (AvgIpc) is 2.56. The van der Waals surface area contributed by atoms with E-state index < -0.39 is 18.0 Å². The van der Waals surface area contributed by atoms with Gasteiger partial charge in [0.1, 0.15) is 4.90 Å². The van der Waals surface area contributed by atoms with Crippen molar-refractivity contribution in [1.82, 2.24) is 0 Å². The van der Waals surface area contributed by atoms with Gasteiger partial charge in [-0.15, -0.1) is 0 Å². The van der Waals surface area contributed by atoms with Crippen LogP contribution in [-0.4, -0.2) is 42.5 Å². The predicted molar refractivity (Wildman–Crippen MR) is 107 cm³/mol. The molecule has 3 rings (SSSR count). The van der Waals surface area contributed by atoms with Gasteiger partial charge in [-0.3, -0.25) is 4.55 Å². The van der Waals surface area contributed by atoms with Gasteiger partial charge < -0.3 is 0 Å². The van der Waals surface area contributed by atoms with Crippen LogP contribution in [0.25, 0.3) is 0 Å². The molecule has 6 heteroatoms. The summed E-state index contributed by atoms with van der Waals surface area (Å²) in [6.07, 6.45) is 0. The molecule has 0 saturated carbocycles. The molecule has 0 saturated heterocycles. The van der Waals surface area contributed by atoms with E-state index in [1.54, 1.807) is 6.07 Å². The van der Waals surface area contributed by atoms with Crippen molar-refractivity contribution in [1.29, 1.82) is 0 Å². The molecule has 0 aliphatic heterocycles. The summed E-state index contributed by atoms with van der Waals surface area (Å²) in [5.41, 5.74) is 0.955. The van der Waals surface area contributed by atoms with Crippen molar-refractivity contribution < 1.29 is 13.0 Å². The molecule has 0 spiro atoms. The molecule has 0 fully saturated rings. The van der Waals surface area contributed by atoms with Gasteiger partial charge >= 0.3 is 29.6 Å². The van der Waals surface area contributed by atoms with E-state index in [9.17, 15) is 13.0 Å². The molecule has 3 aromatic rings. The van der Waals surface area contributed by atoms with Crippen molar-refractivity contribution in [2.24, 2.45) is 0 Å². The van der Waals surface area contributed by atoms with Gasteiger partial charge in [-0.05, 0) is 37.6 Å². The molecule has 1 N–H and O–H groups in total. The molecule has 3 aromatic carbocycles. The number of hydrogen-bond acceptors (Lipinski definition) is 2. The first kappa shape index (κ1) is 20.3. The van der Waals surface area contributed by atoms with E-state index in [1.165, 1.54) is 6.07 Å². The van der Waals surface area contributed by atoms with Gasteiger partial charge in [0, 0.05) is 5.30 Å². The second-order valence-corrected chi connectivity index (χ2v) is 9.03. The van der Waals surface area contributed by atoms with Crippen molar-refractivity contribution in [2.45, 2.75) is 11.8 Å². The van der Waals surface area contributed by atoms with Crippen LogP contribution in [0.5, 0.6) is 0 Å². The zero-order valence-corrected chi connectivity index (χ0v) is 14.8. The van der Waals surface area contributed by atoms with Crippen LogP contribution < -0.4 is 15.9 Å². The SMILES string of the molecule is Cc1ccc(S(=O)(=O)O)c(P(c2ccccc2)c2ccccc2)c1.[NaH]. The van der Waals surface area contributed by atoms with E-state index in [2.05, 4.69) is 0 Å². The third-order valence-corrected chi connectivity index (χ3v) is 7.21. The molecule has 0 atom stereocenters. The maximum atomic E-state index is 11.9. The minimum atomic E-state index is -4.30. The fourth-order valence-corrected chi connectivity index (χ4v) is 6.21. The van der Waals surface area contributed by atoms with Gasteiger partial charge in [-0.25, -0.2) is 0 Å². The summed E-state index contributed by atoms with van der Waals surface area (Å²) in [6.45, 7) is 1.92. The van der Waals surface area contributed by atoms with E-state index in [-0.39, 0.29) is 34.5 Å². The maximum absolute atomic E-state index is 11.9. The first-order valence-electron chi connectivity index (χ1n) is 7.45. The third-order valence-electron chi connectivity index (χ3n) is 3.66. The summed E-state index contributed by atoms with van der Waals surface area (Å²) < 4.78 is 33.5. The van der Waals surface area contributed by atoms with Gasteiger partial charge in [-0.2, -0.15) is 8.42 Å². The Kier molecular flexibility index (Phi) is 6.98. The fraction of sp³-hybridized carbons (Fsp3) is 0.0526. The van der Waals surface area contributed by atoms with Crippen LogP contribution in [0.2, 0.25) is 0 Å². The Morgan fingerprint density at radius 1 is 0.800 bits per heavy atom. The Morgan fingerprint density at radius 3 is 1.72 bits per heavy atom. The second kappa shape index (κ2) is 8.59. The molecule has 3 nitrogen and oxygen atoms in total. The molecule has 0 bridgehead atoms. The van der Waals surface area contributed by atoms with Crippen molar-refractivity contribution in [3.63, 3.8) is 0 Å². The molecular weight excluding hydrogens is 362 g/mol. The first-order valence-corrected chi connectivity index (χ1v) is 10.2. The standard InChI is InChI=1S/C19H17O3PS.Na.H/c1-15-12-13-19(24(20,21)22)18(14-15)23(16-8-4-2-5-9-16)17-10-6-3-7-11-17;;/h2-14H,1H3,(H,20,21,22);;. The Morgan fingerprint density at radius 2 is 1.28 bits per heavy atom. The Balaban J connectivity index is 0.00000225. The van der Waals surface area contributed by atoms with Gasteiger partial charge in [0.15, 0.2) is 0 Å². The van der Waals surface area contributed by atoms with Gasteiger partial charge in [-0.1, -0.05) is 72.3 Å². The molecule has 25 heavy (non-hydrogen) atoms. The normalized spacial score (nSPS) is 11.2. The van der Waals surface area contributed by atoms with Gasteiger partial charge in [0.2, 0.25) is 0 Å². The molecular formula is C19H18NaO3PS. The van der Waals surface area contributed by atoms with E-state index in [0.29, 0.717) is 5.30 Å². The minimum absolute atomic E-state index is 0. The fourth-order valence-electron chi connectivity index (χ4n) is 2.60. The zero-order chi connectivity index (χ0) is 17.2. The summed E-state index contributed by atoms with van der Waals surface area (Å²) in [5, 5.41) is 2.72. The summed E-state index contributed by atoms with van der Waals surface area (Å²) in [4.78, 5) is -0.0214. The Bertz CT molecular complexity index is 905. The average molecular weight is 380 g/mol. The van der Waals surface area contributed by atoms with Crippen LogP contribution in [0.3, 0.4) is 0 Å². The molecule has 0 aliphatic carbocycles. The molecule has 0 amide bonds. The molecule has 0 aromatic heterocycles. The monoisotopic (exact) mass is 380 g/mol. The molecule has 124 valence electrons. The van der Waals surface area contributed by atoms with Gasteiger partial charge in [0.25, 0.3) is 10.1 Å². The van der Waals surface area contributed by atoms with E-state index in [1.807, 2.05) is 73.7 Å². The number of hydrogen-bond donors (Lipinski definition) is 1. The Hall–Kier alpha value is -1.000. The van der Waals surface area contributed by atoms with Gasteiger partial charge in [0.05, 0.1) is 0 Å². The Labute approximate surface area is 171 Å². The van der Waals surface area contributed by atoms with Crippen LogP contribution in [0, 0.1) is 6.92 Å². The molecule has 0 aliphatic rings. The van der Waals surface area contributed by atoms with Crippen molar-refractivity contribution in [2.75, 3.05) is 0 Å². The second-order valence-electron chi connectivity index (χ2n) is 5.45. The number of aryl methyl sites for hydroxylation is 1. The van der Waals surface area contributed by atoms with Crippen LogP contribution in [-0.2, 0) is 10.1 Å². The predicted octanol–water partition coefficient (Wildman–Crippen LogP) is 2.35. The summed E-state index contributed by atoms with van der Waals surface area (Å²) in [7, 11) is -5.38. The van der Waals surface area contributed by atoms with E-state index in [0.717, 1.165) is 16.2 Å². The third kappa shape index (κ3) is 4.79. The van der Waals surface area contributed by atoms with E-state index in [4.69, 9.17) is 0 Å². The summed E-state index contributed by atoms with van der Waals surface area (Å²) >= 11 is 0. The quantitative estimate of drug-likeness (QED) is 0.430. The molecule has 0 heterocycles. The zero-order valence-electron chi connectivity index (χ0n) is 13.1. The topological polar surface area (TPSA) is 54.4 Å². The number of benzene rings is 3. The first-order chi connectivity index (χ1) is 11.5. The number of rotatable bonds is 4. The molecule has 0 unspecified atom stereocenters. The summed E-state index contributed by atoms with van der Waals surface area (Å²) in [5.74, 6) is 0. The molecule has 0 radical (unpaired) electrons. The van der Waals surface area contributed by atoms with Crippen LogP contribution in [0.15, 0.2) is 83.8 Å². The van der Waals surface area contributed by atoms with E-state index >= 15 is 0 Å². The van der Waals surface area contributed by atoms with Crippen LogP contribution in [0.1, 0.15) is 5.56 Å². The van der Waals surface area contributed by atoms with Crippen molar-refractivity contribution >= 4 is 63.5 Å².